The van der Waals surface area contributed by atoms with Crippen LogP contribution in [-0.4, -0.2) is 29.1 Å². The summed E-state index contributed by atoms with van der Waals surface area (Å²) in [6.45, 7) is 0. The molecule has 0 aromatic rings. The first-order valence-electron chi connectivity index (χ1n) is 3.32. The summed E-state index contributed by atoms with van der Waals surface area (Å²) in [5.74, 6) is -0.710. The lowest BCUT2D eigenvalue weighted by Gasteiger charge is -1.94. The average molecular weight is 231 g/mol. The van der Waals surface area contributed by atoms with Crippen molar-refractivity contribution in [2.45, 2.75) is 0 Å². The quantitative estimate of drug-likeness (QED) is 0.423. The minimum absolute atomic E-state index is 0.0903. The second-order valence-corrected chi connectivity index (χ2v) is 3.11. The zero-order chi connectivity index (χ0) is 12.1. The first-order valence-corrected chi connectivity index (χ1v) is 4.72. The lowest BCUT2D eigenvalue weighted by atomic mass is 10.1. The van der Waals surface area contributed by atoms with Crippen LogP contribution in [0.2, 0.25) is 0 Å². The number of nitriles is 1. The van der Waals surface area contributed by atoms with Gasteiger partial charge in [-0.1, -0.05) is 0 Å². The number of nitrogens with zero attached hydrogens (tertiary/aromatic N) is 1. The molecule has 0 aromatic carbocycles. The van der Waals surface area contributed by atoms with E-state index in [1.54, 1.807) is 6.07 Å². The van der Waals surface area contributed by atoms with E-state index in [9.17, 15) is 9.59 Å². The molecule has 0 aliphatic heterocycles. The molecule has 80 valence electrons. The van der Waals surface area contributed by atoms with Gasteiger partial charge in [0.25, 0.3) is 0 Å². The summed E-state index contributed by atoms with van der Waals surface area (Å²) in [6.07, 6.45) is 3.27. The normalized spacial score (nSPS) is 14.9. The predicted molar refractivity (Wildman–Crippen MR) is 47.0 cm³/mol. The molecule has 1 aliphatic rings. The predicted octanol–water partition coefficient (Wildman–Crippen LogP) is -0.508. The lowest BCUT2D eigenvalue weighted by molar-refractivity contribution is -0.114. The highest BCUT2D eigenvalue weighted by atomic mass is 32.3. The summed E-state index contributed by atoms with van der Waals surface area (Å²) < 4.78 is 31.6. The zero-order valence-electron chi connectivity index (χ0n) is 7.11. The second-order valence-electron chi connectivity index (χ2n) is 2.22. The Hall–Kier alpha value is -1.82. The molecule has 15 heavy (non-hydrogen) atoms. The van der Waals surface area contributed by atoms with Gasteiger partial charge >= 0.3 is 10.4 Å². The third-order valence-corrected chi connectivity index (χ3v) is 1.07. The van der Waals surface area contributed by atoms with Crippen molar-refractivity contribution in [2.24, 2.45) is 0 Å². The van der Waals surface area contributed by atoms with Gasteiger partial charge in [-0.05, 0) is 12.2 Å². The smallest absolute Gasteiger partial charge is 0.290 e. The number of carbonyl (C=O) groups is 2. The molecule has 0 spiro atoms. The van der Waals surface area contributed by atoms with Crippen molar-refractivity contribution in [3.05, 3.63) is 23.8 Å². The molecule has 0 atom stereocenters. The minimum atomic E-state index is -4.67. The minimum Gasteiger partial charge on any atom is -0.290 e. The van der Waals surface area contributed by atoms with Crippen LogP contribution in [0.3, 0.4) is 0 Å². The topological polar surface area (TPSA) is 133 Å². The van der Waals surface area contributed by atoms with Crippen LogP contribution in [0.25, 0.3) is 0 Å². The van der Waals surface area contributed by atoms with Gasteiger partial charge < -0.3 is 0 Å². The summed E-state index contributed by atoms with van der Waals surface area (Å²) in [4.78, 5) is 21.2. The van der Waals surface area contributed by atoms with Gasteiger partial charge in [-0.2, -0.15) is 13.7 Å². The molecular weight excluding hydrogens is 226 g/mol. The molecule has 0 unspecified atom stereocenters. The molecular formula is C7H5NO6S. The number of hydrogen-bond acceptors (Lipinski definition) is 5. The lowest BCUT2D eigenvalue weighted by Crippen LogP contribution is -2.05. The molecule has 0 bridgehead atoms. The Morgan fingerprint density at radius 2 is 1.67 bits per heavy atom. The summed E-state index contributed by atoms with van der Waals surface area (Å²) in [7, 11) is -4.67. The van der Waals surface area contributed by atoms with E-state index in [-0.39, 0.29) is 11.4 Å². The van der Waals surface area contributed by atoms with Crippen LogP contribution < -0.4 is 0 Å². The summed E-state index contributed by atoms with van der Waals surface area (Å²) in [6, 6.07) is 1.62. The maximum absolute atomic E-state index is 10.6. The van der Waals surface area contributed by atoms with Crippen molar-refractivity contribution < 1.29 is 27.1 Å². The molecule has 0 radical (unpaired) electrons. The molecule has 1 rings (SSSR count). The first-order chi connectivity index (χ1) is 6.74. The summed E-state index contributed by atoms with van der Waals surface area (Å²) >= 11 is 0. The highest BCUT2D eigenvalue weighted by Gasteiger charge is 2.11. The third kappa shape index (κ3) is 7.27. The van der Waals surface area contributed by atoms with Crippen molar-refractivity contribution in [2.75, 3.05) is 0 Å². The molecule has 0 heterocycles. The fraction of sp³-hybridized carbons (Fsp3) is 0. The first kappa shape index (κ1) is 13.2. The van der Waals surface area contributed by atoms with Gasteiger partial charge in [0, 0.05) is 6.08 Å². The van der Waals surface area contributed by atoms with Crippen LogP contribution in [0.15, 0.2) is 23.8 Å². The van der Waals surface area contributed by atoms with Crippen molar-refractivity contribution >= 4 is 22.0 Å². The van der Waals surface area contributed by atoms with Crippen molar-refractivity contribution in [3.8, 4) is 6.07 Å². The average Bonchev–Trinajstić information content (AvgIpc) is 2.06. The van der Waals surface area contributed by atoms with Gasteiger partial charge in [-0.3, -0.25) is 18.7 Å². The van der Waals surface area contributed by atoms with Gasteiger partial charge in [-0.25, -0.2) is 0 Å². The molecule has 8 heteroatoms. The SMILES string of the molecule is N#CC1=CC(=O)C=CC1=O.O=S(=O)(O)O. The van der Waals surface area contributed by atoms with Crippen LogP contribution >= 0.6 is 0 Å². The largest absolute Gasteiger partial charge is 0.394 e. The Morgan fingerprint density at radius 1 is 1.20 bits per heavy atom. The number of hydrogen-bond donors (Lipinski definition) is 2. The van der Waals surface area contributed by atoms with Crippen LogP contribution in [0.5, 0.6) is 0 Å². The van der Waals surface area contributed by atoms with Crippen molar-refractivity contribution in [1.29, 1.82) is 5.26 Å². The van der Waals surface area contributed by atoms with Crippen LogP contribution in [0.4, 0.5) is 0 Å². The van der Waals surface area contributed by atoms with E-state index in [0.717, 1.165) is 18.2 Å². The van der Waals surface area contributed by atoms with E-state index in [0.29, 0.717) is 0 Å². The highest BCUT2D eigenvalue weighted by molar-refractivity contribution is 7.79. The number of ketones is 2. The molecule has 0 fully saturated rings. The van der Waals surface area contributed by atoms with E-state index < -0.39 is 16.2 Å². The van der Waals surface area contributed by atoms with E-state index in [4.69, 9.17) is 22.8 Å². The highest BCUT2D eigenvalue weighted by Crippen LogP contribution is 2.02. The van der Waals surface area contributed by atoms with E-state index >= 15 is 0 Å². The zero-order valence-corrected chi connectivity index (χ0v) is 7.93. The van der Waals surface area contributed by atoms with E-state index in [2.05, 4.69) is 0 Å². The molecule has 7 nitrogen and oxygen atoms in total. The molecule has 1 aliphatic carbocycles. The fourth-order valence-electron chi connectivity index (χ4n) is 0.596. The van der Waals surface area contributed by atoms with Gasteiger partial charge in [0.15, 0.2) is 11.6 Å². The number of carbonyl (C=O) groups excluding carboxylic acids is 2. The van der Waals surface area contributed by atoms with Gasteiger partial charge in [0.1, 0.15) is 11.6 Å². The number of rotatable bonds is 0. The van der Waals surface area contributed by atoms with E-state index in [1.165, 1.54) is 0 Å². The Kier molecular flexibility index (Phi) is 4.53. The Morgan fingerprint density at radius 3 is 2.00 bits per heavy atom. The van der Waals surface area contributed by atoms with E-state index in [1.807, 2.05) is 0 Å². The Labute approximate surface area is 84.9 Å². The van der Waals surface area contributed by atoms with Gasteiger partial charge in [-0.15, -0.1) is 0 Å². The van der Waals surface area contributed by atoms with Crippen molar-refractivity contribution in [1.82, 2.24) is 0 Å². The maximum atomic E-state index is 10.6. The number of allylic oxidation sites excluding steroid dienone is 4. The molecule has 0 saturated carbocycles. The van der Waals surface area contributed by atoms with Crippen molar-refractivity contribution in [3.63, 3.8) is 0 Å². The monoisotopic (exact) mass is 231 g/mol. The molecule has 0 saturated heterocycles. The van der Waals surface area contributed by atoms with Gasteiger partial charge in [0.2, 0.25) is 0 Å². The molecule has 0 aromatic heterocycles. The Bertz CT molecular complexity index is 470. The standard InChI is InChI=1S/C7H3NO2.H2O4S/c8-4-5-3-6(9)1-2-7(5)10;1-5(2,3)4/h1-3H;(H2,1,2,3,4). The van der Waals surface area contributed by atoms with Crippen LogP contribution in [0.1, 0.15) is 0 Å². The summed E-state index contributed by atoms with van der Waals surface area (Å²) in [5.41, 5.74) is -0.0903. The molecule has 2 N–H and O–H groups in total. The maximum Gasteiger partial charge on any atom is 0.394 e. The molecule has 0 amide bonds. The second kappa shape index (κ2) is 5.16. The van der Waals surface area contributed by atoms with Crippen LogP contribution in [-0.2, 0) is 20.0 Å². The Balaban J connectivity index is 0.000000336. The fourth-order valence-corrected chi connectivity index (χ4v) is 0.596. The summed E-state index contributed by atoms with van der Waals surface area (Å²) in [5, 5.41) is 8.25. The third-order valence-electron chi connectivity index (χ3n) is 1.07. The van der Waals surface area contributed by atoms with Gasteiger partial charge in [0.05, 0.1) is 0 Å². The van der Waals surface area contributed by atoms with Crippen LogP contribution in [0, 0.1) is 11.3 Å².